The lowest BCUT2D eigenvalue weighted by Gasteiger charge is -2.04. The van der Waals surface area contributed by atoms with E-state index in [1.165, 1.54) is 12.3 Å². The van der Waals surface area contributed by atoms with Crippen LogP contribution in [0.15, 0.2) is 24.5 Å². The Kier molecular flexibility index (Phi) is 2.17. The van der Waals surface area contributed by atoms with Gasteiger partial charge in [0, 0.05) is 29.2 Å². The van der Waals surface area contributed by atoms with Crippen molar-refractivity contribution in [3.8, 4) is 0 Å². The van der Waals surface area contributed by atoms with Crippen molar-refractivity contribution in [3.63, 3.8) is 0 Å². The molecule has 0 aliphatic carbocycles. The van der Waals surface area contributed by atoms with Gasteiger partial charge in [0.05, 0.1) is 9.95 Å². The van der Waals surface area contributed by atoms with Crippen LogP contribution in [0.3, 0.4) is 0 Å². The van der Waals surface area contributed by atoms with Gasteiger partial charge < -0.3 is 5.73 Å². The van der Waals surface area contributed by atoms with Crippen LogP contribution < -0.4 is 5.73 Å². The van der Waals surface area contributed by atoms with Gasteiger partial charge >= 0.3 is 0 Å². The lowest BCUT2D eigenvalue weighted by Crippen LogP contribution is -1.97. The molecule has 1 heterocycles. The minimum atomic E-state index is -0.562. The molecule has 5 nitrogen and oxygen atoms in total. The first-order valence-corrected chi connectivity index (χ1v) is 4.45. The summed E-state index contributed by atoms with van der Waals surface area (Å²) >= 11 is 5.89. The first-order chi connectivity index (χ1) is 7.11. The quantitative estimate of drug-likeness (QED) is 0.457. The van der Waals surface area contributed by atoms with Crippen molar-refractivity contribution < 1.29 is 4.92 Å². The minimum absolute atomic E-state index is 0.0903. The summed E-state index contributed by atoms with van der Waals surface area (Å²) in [5.74, 6) is 0. The average Bonchev–Trinajstić information content (AvgIpc) is 2.23. The van der Waals surface area contributed by atoms with Gasteiger partial charge in [0.1, 0.15) is 5.69 Å². The molecule has 76 valence electrons. The van der Waals surface area contributed by atoms with Crippen molar-refractivity contribution in [2.75, 3.05) is 5.73 Å². The van der Waals surface area contributed by atoms with Crippen LogP contribution >= 0.6 is 11.6 Å². The van der Waals surface area contributed by atoms with Crippen molar-refractivity contribution in [2.45, 2.75) is 0 Å². The van der Waals surface area contributed by atoms with Crippen molar-refractivity contribution >= 4 is 33.7 Å². The maximum absolute atomic E-state index is 10.7. The van der Waals surface area contributed by atoms with Crippen molar-refractivity contribution in [2.24, 2.45) is 0 Å². The van der Waals surface area contributed by atoms with Gasteiger partial charge in [-0.25, -0.2) is 0 Å². The Morgan fingerprint density at radius 3 is 2.87 bits per heavy atom. The molecule has 0 amide bonds. The normalized spacial score (nSPS) is 10.5. The molecule has 0 atom stereocenters. The molecule has 2 N–H and O–H groups in total. The smallest absolute Gasteiger partial charge is 0.294 e. The monoisotopic (exact) mass is 223 g/mol. The molecule has 6 heteroatoms. The number of aromatic nitrogens is 1. The highest BCUT2D eigenvalue weighted by Gasteiger charge is 2.16. The molecule has 0 saturated heterocycles. The maximum atomic E-state index is 10.7. The molecule has 0 radical (unpaired) electrons. The van der Waals surface area contributed by atoms with E-state index < -0.39 is 4.92 Å². The molecule has 1 aromatic heterocycles. The third kappa shape index (κ3) is 1.46. The van der Waals surface area contributed by atoms with Crippen LogP contribution in [0.4, 0.5) is 11.4 Å². The summed E-state index contributed by atoms with van der Waals surface area (Å²) in [4.78, 5) is 14.0. The highest BCUT2D eigenvalue weighted by Crippen LogP contribution is 2.35. The highest BCUT2D eigenvalue weighted by atomic mass is 35.5. The topological polar surface area (TPSA) is 82.0 Å². The number of nitrogens with two attached hydrogens (primary N) is 1. The number of nitro benzene ring substituents is 1. The van der Waals surface area contributed by atoms with Gasteiger partial charge in [-0.2, -0.15) is 0 Å². The van der Waals surface area contributed by atoms with Gasteiger partial charge in [0.15, 0.2) is 0 Å². The average molecular weight is 224 g/mol. The number of hydrogen-bond donors (Lipinski definition) is 1. The van der Waals surface area contributed by atoms with Crippen LogP contribution in [0.1, 0.15) is 0 Å². The van der Waals surface area contributed by atoms with Gasteiger partial charge in [-0.3, -0.25) is 15.1 Å². The number of benzene rings is 1. The lowest BCUT2D eigenvalue weighted by molar-refractivity contribution is -0.383. The van der Waals surface area contributed by atoms with E-state index in [2.05, 4.69) is 4.98 Å². The molecule has 0 unspecified atom stereocenters. The van der Waals surface area contributed by atoms with Crippen LogP contribution in [0.2, 0.25) is 5.02 Å². The number of halogens is 1. The first-order valence-electron chi connectivity index (χ1n) is 4.07. The summed E-state index contributed by atoms with van der Waals surface area (Å²) in [5, 5.41) is 12.1. The Bertz CT molecular complexity index is 556. The van der Waals surface area contributed by atoms with E-state index in [9.17, 15) is 10.1 Å². The Hall–Kier alpha value is -1.88. The van der Waals surface area contributed by atoms with E-state index in [-0.39, 0.29) is 11.4 Å². The maximum Gasteiger partial charge on any atom is 0.294 e. The number of pyridine rings is 1. The van der Waals surface area contributed by atoms with Crippen LogP contribution in [-0.2, 0) is 0 Å². The van der Waals surface area contributed by atoms with Crippen molar-refractivity contribution in [1.82, 2.24) is 4.98 Å². The second-order valence-corrected chi connectivity index (χ2v) is 3.38. The third-order valence-corrected chi connectivity index (χ3v) is 2.42. The summed E-state index contributed by atoms with van der Waals surface area (Å²) in [7, 11) is 0. The molecule has 0 aliphatic heterocycles. The number of nitrogens with zero attached hydrogens (tertiary/aromatic N) is 2. The molecule has 0 aliphatic rings. The number of rotatable bonds is 1. The number of nitro groups is 1. The zero-order valence-electron chi connectivity index (χ0n) is 7.48. The van der Waals surface area contributed by atoms with E-state index >= 15 is 0 Å². The second-order valence-electron chi connectivity index (χ2n) is 2.97. The summed E-state index contributed by atoms with van der Waals surface area (Å²) < 4.78 is 0. The number of fused-ring (bicyclic) bond motifs is 1. The highest BCUT2D eigenvalue weighted by molar-refractivity contribution is 6.36. The molecular formula is C9H6ClN3O2. The van der Waals surface area contributed by atoms with Gasteiger partial charge in [-0.15, -0.1) is 0 Å². The zero-order valence-corrected chi connectivity index (χ0v) is 8.23. The summed E-state index contributed by atoms with van der Waals surface area (Å²) in [5.41, 5.74) is 5.54. The summed E-state index contributed by atoms with van der Waals surface area (Å²) in [6.45, 7) is 0. The molecule has 0 bridgehead atoms. The number of anilines is 1. The number of hydrogen-bond acceptors (Lipinski definition) is 4. The molecule has 2 aromatic rings. The molecular weight excluding hydrogens is 218 g/mol. The van der Waals surface area contributed by atoms with Gasteiger partial charge in [-0.05, 0) is 6.07 Å². The SMILES string of the molecule is Nc1c([N+](=O)[O-])cc(Cl)c2ccncc12. The van der Waals surface area contributed by atoms with E-state index in [0.717, 1.165) is 0 Å². The van der Waals surface area contributed by atoms with Crippen LogP contribution in [0.25, 0.3) is 10.8 Å². The van der Waals surface area contributed by atoms with E-state index in [4.69, 9.17) is 17.3 Å². The van der Waals surface area contributed by atoms with Crippen molar-refractivity contribution in [1.29, 1.82) is 0 Å². The van der Waals surface area contributed by atoms with Crippen LogP contribution in [-0.4, -0.2) is 9.91 Å². The third-order valence-electron chi connectivity index (χ3n) is 2.10. The zero-order chi connectivity index (χ0) is 11.0. The van der Waals surface area contributed by atoms with Crippen molar-refractivity contribution in [3.05, 3.63) is 39.7 Å². The standard InChI is InChI=1S/C9H6ClN3O2/c10-7-3-8(13(14)15)9(11)6-4-12-2-1-5(6)7/h1-4H,11H2. The van der Waals surface area contributed by atoms with Crippen LogP contribution in [0, 0.1) is 10.1 Å². The predicted molar refractivity (Wildman–Crippen MR) is 57.8 cm³/mol. The Morgan fingerprint density at radius 1 is 1.47 bits per heavy atom. The van der Waals surface area contributed by atoms with E-state index in [0.29, 0.717) is 15.8 Å². The predicted octanol–water partition coefficient (Wildman–Crippen LogP) is 2.38. The number of nitrogen functional groups attached to an aromatic ring is 1. The molecule has 0 spiro atoms. The Balaban J connectivity index is 2.90. The van der Waals surface area contributed by atoms with Gasteiger partial charge in [-0.1, -0.05) is 11.6 Å². The summed E-state index contributed by atoms with van der Waals surface area (Å²) in [6, 6.07) is 2.91. The molecule has 0 saturated carbocycles. The largest absolute Gasteiger partial charge is 0.393 e. The molecule has 1 aromatic carbocycles. The van der Waals surface area contributed by atoms with Gasteiger partial charge in [0.25, 0.3) is 5.69 Å². The Morgan fingerprint density at radius 2 is 2.20 bits per heavy atom. The summed E-state index contributed by atoms with van der Waals surface area (Å²) in [6.07, 6.45) is 3.02. The first kappa shape index (κ1) is 9.67. The molecule has 2 rings (SSSR count). The fourth-order valence-corrected chi connectivity index (χ4v) is 1.65. The van der Waals surface area contributed by atoms with Gasteiger partial charge in [0.2, 0.25) is 0 Å². The fraction of sp³-hybridized carbons (Fsp3) is 0. The molecule has 0 fully saturated rings. The van der Waals surface area contributed by atoms with E-state index in [1.807, 2.05) is 0 Å². The van der Waals surface area contributed by atoms with Crippen LogP contribution in [0.5, 0.6) is 0 Å². The van der Waals surface area contributed by atoms with E-state index in [1.54, 1.807) is 12.3 Å². The minimum Gasteiger partial charge on any atom is -0.393 e. The Labute approximate surface area is 89.6 Å². The fourth-order valence-electron chi connectivity index (χ4n) is 1.38. The molecule has 15 heavy (non-hydrogen) atoms. The second kappa shape index (κ2) is 3.36. The lowest BCUT2D eigenvalue weighted by atomic mass is 10.1.